The second kappa shape index (κ2) is 6.40. The van der Waals surface area contributed by atoms with E-state index in [-0.39, 0.29) is 11.0 Å². The van der Waals surface area contributed by atoms with Crippen LogP contribution >= 0.6 is 0 Å². The molecule has 4 rings (SSSR count). The summed E-state index contributed by atoms with van der Waals surface area (Å²) in [4.78, 5) is 25.5. The van der Waals surface area contributed by atoms with Gasteiger partial charge >= 0.3 is 0 Å². The highest BCUT2D eigenvalue weighted by Gasteiger charge is 2.21. The van der Waals surface area contributed by atoms with Crippen molar-refractivity contribution in [1.82, 2.24) is 18.9 Å². The number of nitrogens with zero attached hydrogens (tertiary/aromatic N) is 6. The maximum absolute atomic E-state index is 11.8. The Labute approximate surface area is 158 Å². The van der Waals surface area contributed by atoms with Crippen molar-refractivity contribution < 1.29 is 0 Å². The molecular formula is C20H26N6O. The third-order valence-electron chi connectivity index (χ3n) is 5.14. The number of rotatable bonds is 2. The van der Waals surface area contributed by atoms with Gasteiger partial charge in [-0.25, -0.2) is 9.97 Å². The number of anilines is 2. The predicted molar refractivity (Wildman–Crippen MR) is 108 cm³/mol. The average Bonchev–Trinajstić information content (AvgIpc) is 3.08. The van der Waals surface area contributed by atoms with E-state index in [4.69, 9.17) is 4.98 Å². The zero-order valence-electron chi connectivity index (χ0n) is 16.4. The molecule has 27 heavy (non-hydrogen) atoms. The van der Waals surface area contributed by atoms with Crippen LogP contribution in [0.15, 0.2) is 41.7 Å². The van der Waals surface area contributed by atoms with Crippen LogP contribution in [0.1, 0.15) is 26.5 Å². The van der Waals surface area contributed by atoms with E-state index < -0.39 is 0 Å². The highest BCUT2D eigenvalue weighted by molar-refractivity contribution is 5.54. The quantitative estimate of drug-likeness (QED) is 0.695. The Balaban J connectivity index is 1.50. The fourth-order valence-corrected chi connectivity index (χ4v) is 3.35. The molecule has 1 fully saturated rings. The standard InChI is InChI=1S/C20H26N6O/c1-20(2,3)16-13-26-12-15(5-6-17(26)22-16)24-7-9-25(10-8-24)18-11-19(27)23(4)14-21-18/h5-6,11-14H,7-10H2,1-4H3. The van der Waals surface area contributed by atoms with Crippen molar-refractivity contribution in [2.75, 3.05) is 36.0 Å². The van der Waals surface area contributed by atoms with Crippen molar-refractivity contribution in [3.05, 3.63) is 53.0 Å². The maximum atomic E-state index is 11.8. The molecular weight excluding hydrogens is 340 g/mol. The van der Waals surface area contributed by atoms with Crippen LogP contribution in [0.2, 0.25) is 0 Å². The minimum absolute atomic E-state index is 0.0253. The Bertz CT molecular complexity index is 1020. The molecule has 1 saturated heterocycles. The minimum Gasteiger partial charge on any atom is -0.367 e. The van der Waals surface area contributed by atoms with E-state index in [0.29, 0.717) is 0 Å². The van der Waals surface area contributed by atoms with Gasteiger partial charge in [0.2, 0.25) is 0 Å². The summed E-state index contributed by atoms with van der Waals surface area (Å²) in [6.45, 7) is 10.0. The van der Waals surface area contributed by atoms with Crippen LogP contribution in [0.3, 0.4) is 0 Å². The fourth-order valence-electron chi connectivity index (χ4n) is 3.35. The van der Waals surface area contributed by atoms with E-state index in [1.807, 2.05) is 0 Å². The third-order valence-corrected chi connectivity index (χ3v) is 5.14. The molecule has 0 N–H and O–H groups in total. The average molecular weight is 366 g/mol. The molecule has 0 radical (unpaired) electrons. The SMILES string of the molecule is Cn1cnc(N2CCN(c3ccc4nc(C(C)(C)C)cn4c3)CC2)cc1=O. The monoisotopic (exact) mass is 366 g/mol. The Hall–Kier alpha value is -2.83. The Morgan fingerprint density at radius 2 is 1.70 bits per heavy atom. The van der Waals surface area contributed by atoms with Crippen LogP contribution in [0.25, 0.3) is 5.65 Å². The molecule has 0 spiro atoms. The van der Waals surface area contributed by atoms with Gasteiger partial charge in [-0.05, 0) is 12.1 Å². The van der Waals surface area contributed by atoms with Crippen LogP contribution in [0.4, 0.5) is 11.5 Å². The minimum atomic E-state index is -0.0253. The van der Waals surface area contributed by atoms with Gasteiger partial charge in [0.1, 0.15) is 11.5 Å². The van der Waals surface area contributed by atoms with Crippen molar-refractivity contribution >= 4 is 17.2 Å². The lowest BCUT2D eigenvalue weighted by molar-refractivity contribution is 0.573. The molecule has 0 unspecified atom stereocenters. The molecule has 1 aliphatic rings. The first-order valence-corrected chi connectivity index (χ1v) is 9.33. The van der Waals surface area contributed by atoms with Crippen molar-refractivity contribution in [1.29, 1.82) is 0 Å². The van der Waals surface area contributed by atoms with Crippen LogP contribution in [-0.2, 0) is 12.5 Å². The molecule has 3 aromatic rings. The predicted octanol–water partition coefficient (Wildman–Crippen LogP) is 2.05. The second-order valence-electron chi connectivity index (χ2n) is 8.20. The number of imidazole rings is 1. The van der Waals surface area contributed by atoms with E-state index >= 15 is 0 Å². The molecule has 1 aliphatic heterocycles. The van der Waals surface area contributed by atoms with Gasteiger partial charge in [0.15, 0.2) is 0 Å². The third kappa shape index (κ3) is 3.41. The molecule has 0 aliphatic carbocycles. The fraction of sp³-hybridized carbons (Fsp3) is 0.450. The smallest absolute Gasteiger partial charge is 0.255 e. The van der Waals surface area contributed by atoms with E-state index in [2.05, 4.69) is 64.5 Å². The lowest BCUT2D eigenvalue weighted by Crippen LogP contribution is -2.47. The number of aryl methyl sites for hydroxylation is 1. The summed E-state index contributed by atoms with van der Waals surface area (Å²) in [5.74, 6) is 0.762. The van der Waals surface area contributed by atoms with Crippen LogP contribution in [0, 0.1) is 0 Å². The van der Waals surface area contributed by atoms with Gasteiger partial charge < -0.3 is 18.8 Å². The molecule has 0 bridgehead atoms. The Morgan fingerprint density at radius 1 is 1.00 bits per heavy atom. The molecule has 7 heteroatoms. The van der Waals surface area contributed by atoms with E-state index in [1.54, 1.807) is 19.4 Å². The highest BCUT2D eigenvalue weighted by atomic mass is 16.1. The first kappa shape index (κ1) is 17.6. The molecule has 3 aromatic heterocycles. The molecule has 0 atom stereocenters. The van der Waals surface area contributed by atoms with Crippen LogP contribution < -0.4 is 15.4 Å². The number of hydrogen-bond donors (Lipinski definition) is 0. The highest BCUT2D eigenvalue weighted by Crippen LogP contribution is 2.24. The second-order valence-corrected chi connectivity index (χ2v) is 8.20. The summed E-state index contributed by atoms with van der Waals surface area (Å²) in [7, 11) is 1.72. The zero-order chi connectivity index (χ0) is 19.2. The van der Waals surface area contributed by atoms with E-state index in [9.17, 15) is 4.79 Å². The molecule has 0 amide bonds. The summed E-state index contributed by atoms with van der Waals surface area (Å²) in [6.07, 6.45) is 5.87. The lowest BCUT2D eigenvalue weighted by atomic mass is 9.93. The summed E-state index contributed by atoms with van der Waals surface area (Å²) >= 11 is 0. The van der Waals surface area contributed by atoms with Gasteiger partial charge in [-0.15, -0.1) is 0 Å². The molecule has 0 aromatic carbocycles. The van der Waals surface area contributed by atoms with Gasteiger partial charge in [0.25, 0.3) is 5.56 Å². The number of aromatic nitrogens is 4. The zero-order valence-corrected chi connectivity index (χ0v) is 16.4. The summed E-state index contributed by atoms with van der Waals surface area (Å²) in [5, 5.41) is 0. The van der Waals surface area contributed by atoms with Crippen molar-refractivity contribution in [2.24, 2.45) is 7.05 Å². The van der Waals surface area contributed by atoms with E-state index in [0.717, 1.165) is 43.3 Å². The number of pyridine rings is 1. The van der Waals surface area contributed by atoms with E-state index in [1.165, 1.54) is 10.3 Å². The van der Waals surface area contributed by atoms with Gasteiger partial charge in [0, 0.05) is 57.1 Å². The normalized spacial score (nSPS) is 15.6. The Kier molecular flexibility index (Phi) is 4.17. The van der Waals surface area contributed by atoms with Gasteiger partial charge in [0.05, 0.1) is 17.7 Å². The van der Waals surface area contributed by atoms with Crippen LogP contribution in [-0.4, -0.2) is 45.1 Å². The van der Waals surface area contributed by atoms with Crippen molar-refractivity contribution in [3.8, 4) is 0 Å². The molecule has 4 heterocycles. The van der Waals surface area contributed by atoms with Gasteiger partial charge in [-0.2, -0.15) is 0 Å². The molecule has 7 nitrogen and oxygen atoms in total. The maximum Gasteiger partial charge on any atom is 0.255 e. The number of piperazine rings is 1. The summed E-state index contributed by atoms with van der Waals surface area (Å²) in [5.41, 5.74) is 3.28. The van der Waals surface area contributed by atoms with Gasteiger partial charge in [-0.1, -0.05) is 20.8 Å². The summed E-state index contributed by atoms with van der Waals surface area (Å²) in [6, 6.07) is 5.83. The number of fused-ring (bicyclic) bond motifs is 1. The first-order valence-electron chi connectivity index (χ1n) is 9.33. The largest absolute Gasteiger partial charge is 0.367 e. The van der Waals surface area contributed by atoms with Gasteiger partial charge in [-0.3, -0.25) is 4.79 Å². The first-order chi connectivity index (χ1) is 12.8. The van der Waals surface area contributed by atoms with Crippen molar-refractivity contribution in [3.63, 3.8) is 0 Å². The number of hydrogen-bond acceptors (Lipinski definition) is 5. The van der Waals surface area contributed by atoms with Crippen LogP contribution in [0.5, 0.6) is 0 Å². The lowest BCUT2D eigenvalue weighted by Gasteiger charge is -2.36. The topological polar surface area (TPSA) is 58.7 Å². The van der Waals surface area contributed by atoms with Crippen molar-refractivity contribution in [2.45, 2.75) is 26.2 Å². The molecule has 0 saturated carbocycles. The Morgan fingerprint density at radius 3 is 2.37 bits per heavy atom. The molecule has 142 valence electrons. The summed E-state index contributed by atoms with van der Waals surface area (Å²) < 4.78 is 3.61.